The normalized spacial score (nSPS) is 10.5. The van der Waals surface area contributed by atoms with E-state index in [0.717, 1.165) is 11.3 Å². The molecule has 0 saturated heterocycles. The van der Waals surface area contributed by atoms with Crippen LogP contribution in [0.5, 0.6) is 5.75 Å². The Hall–Kier alpha value is -1.94. The Bertz CT molecular complexity index is 520. The third-order valence-electron chi connectivity index (χ3n) is 2.85. The van der Waals surface area contributed by atoms with Crippen LogP contribution in [0.15, 0.2) is 42.5 Å². The van der Waals surface area contributed by atoms with Gasteiger partial charge in [-0.1, -0.05) is 18.2 Å². The maximum absolute atomic E-state index is 13.4. The third-order valence-corrected chi connectivity index (χ3v) is 2.85. The first kappa shape index (κ1) is 13.5. The summed E-state index contributed by atoms with van der Waals surface area (Å²) in [6.45, 7) is 0.697. The standard InChI is InChI=1S/C15H15F2NO/c1-19-12-7-5-11(6-8-12)9-18-10-13-14(16)3-2-4-15(13)17/h2-8,18H,9-10H2,1H3. The van der Waals surface area contributed by atoms with Gasteiger partial charge >= 0.3 is 0 Å². The maximum atomic E-state index is 13.4. The van der Waals surface area contributed by atoms with Crippen LogP contribution in [0.4, 0.5) is 8.78 Å². The predicted octanol–water partition coefficient (Wildman–Crippen LogP) is 3.26. The van der Waals surface area contributed by atoms with E-state index in [1.807, 2.05) is 24.3 Å². The minimum atomic E-state index is -0.526. The molecule has 0 heterocycles. The Morgan fingerprint density at radius 3 is 2.16 bits per heavy atom. The number of hydrogen-bond donors (Lipinski definition) is 1. The molecule has 0 radical (unpaired) electrons. The van der Waals surface area contributed by atoms with Crippen LogP contribution in [-0.4, -0.2) is 7.11 Å². The summed E-state index contributed by atoms with van der Waals surface area (Å²) in [4.78, 5) is 0. The number of ether oxygens (including phenoxy) is 1. The van der Waals surface area contributed by atoms with Crippen molar-refractivity contribution in [3.8, 4) is 5.75 Å². The fourth-order valence-corrected chi connectivity index (χ4v) is 1.78. The SMILES string of the molecule is COc1ccc(CNCc2c(F)cccc2F)cc1. The van der Waals surface area contributed by atoms with E-state index in [4.69, 9.17) is 4.74 Å². The molecule has 0 unspecified atom stereocenters. The van der Waals surface area contributed by atoms with E-state index in [2.05, 4.69) is 5.32 Å². The maximum Gasteiger partial charge on any atom is 0.130 e. The van der Waals surface area contributed by atoms with Crippen molar-refractivity contribution in [2.45, 2.75) is 13.1 Å². The Morgan fingerprint density at radius 2 is 1.58 bits per heavy atom. The van der Waals surface area contributed by atoms with Gasteiger partial charge in [-0.15, -0.1) is 0 Å². The summed E-state index contributed by atoms with van der Waals surface area (Å²) in [5.74, 6) is -0.270. The summed E-state index contributed by atoms with van der Waals surface area (Å²) in [6, 6.07) is 11.4. The Kier molecular flexibility index (Phi) is 4.47. The number of rotatable bonds is 5. The van der Waals surface area contributed by atoms with Crippen molar-refractivity contribution in [1.82, 2.24) is 5.32 Å². The topological polar surface area (TPSA) is 21.3 Å². The molecule has 2 aromatic carbocycles. The van der Waals surface area contributed by atoms with Crippen molar-refractivity contribution in [2.75, 3.05) is 7.11 Å². The first-order valence-electron chi connectivity index (χ1n) is 5.97. The third kappa shape index (κ3) is 3.51. The zero-order valence-electron chi connectivity index (χ0n) is 10.6. The van der Waals surface area contributed by atoms with E-state index < -0.39 is 11.6 Å². The monoisotopic (exact) mass is 263 g/mol. The van der Waals surface area contributed by atoms with Gasteiger partial charge in [-0.2, -0.15) is 0 Å². The van der Waals surface area contributed by atoms with Crippen LogP contribution in [0, 0.1) is 11.6 Å². The number of methoxy groups -OCH3 is 1. The fraction of sp³-hybridized carbons (Fsp3) is 0.200. The second-order valence-electron chi connectivity index (χ2n) is 4.15. The molecule has 0 saturated carbocycles. The summed E-state index contributed by atoms with van der Waals surface area (Å²) >= 11 is 0. The highest BCUT2D eigenvalue weighted by molar-refractivity contribution is 5.27. The van der Waals surface area contributed by atoms with Crippen LogP contribution in [0.3, 0.4) is 0 Å². The van der Waals surface area contributed by atoms with Crippen molar-refractivity contribution in [1.29, 1.82) is 0 Å². The second-order valence-corrected chi connectivity index (χ2v) is 4.15. The molecule has 0 atom stereocenters. The summed E-state index contributed by atoms with van der Waals surface area (Å²) in [5, 5.41) is 3.02. The van der Waals surface area contributed by atoms with Crippen molar-refractivity contribution in [2.24, 2.45) is 0 Å². The molecular weight excluding hydrogens is 248 g/mol. The number of hydrogen-bond acceptors (Lipinski definition) is 2. The number of benzene rings is 2. The molecule has 0 bridgehead atoms. The van der Waals surface area contributed by atoms with Gasteiger partial charge in [-0.3, -0.25) is 0 Å². The predicted molar refractivity (Wildman–Crippen MR) is 69.9 cm³/mol. The molecule has 100 valence electrons. The van der Waals surface area contributed by atoms with E-state index in [9.17, 15) is 8.78 Å². The summed E-state index contributed by atoms with van der Waals surface area (Å²) in [6.07, 6.45) is 0. The average molecular weight is 263 g/mol. The highest BCUT2D eigenvalue weighted by Gasteiger charge is 2.07. The van der Waals surface area contributed by atoms with Crippen LogP contribution < -0.4 is 10.1 Å². The summed E-state index contributed by atoms with van der Waals surface area (Å²) in [5.41, 5.74) is 1.09. The average Bonchev–Trinajstić information content (AvgIpc) is 2.43. The Morgan fingerprint density at radius 1 is 0.947 bits per heavy atom. The highest BCUT2D eigenvalue weighted by Crippen LogP contribution is 2.13. The van der Waals surface area contributed by atoms with Gasteiger partial charge in [-0.05, 0) is 29.8 Å². The van der Waals surface area contributed by atoms with Crippen molar-refractivity contribution in [3.63, 3.8) is 0 Å². The lowest BCUT2D eigenvalue weighted by atomic mass is 10.2. The molecule has 0 spiro atoms. The molecule has 2 rings (SSSR count). The summed E-state index contributed by atoms with van der Waals surface area (Å²) < 4.78 is 31.8. The first-order chi connectivity index (χ1) is 9.20. The fourth-order valence-electron chi connectivity index (χ4n) is 1.78. The van der Waals surface area contributed by atoms with Crippen molar-refractivity contribution < 1.29 is 13.5 Å². The molecule has 0 fully saturated rings. The molecule has 0 amide bonds. The molecule has 0 aromatic heterocycles. The van der Waals surface area contributed by atoms with E-state index in [1.54, 1.807) is 7.11 Å². The smallest absolute Gasteiger partial charge is 0.130 e. The van der Waals surface area contributed by atoms with Crippen molar-refractivity contribution in [3.05, 3.63) is 65.2 Å². The largest absolute Gasteiger partial charge is 0.497 e. The molecular formula is C15H15F2NO. The molecule has 0 aliphatic carbocycles. The first-order valence-corrected chi connectivity index (χ1v) is 5.97. The van der Waals surface area contributed by atoms with Gasteiger partial charge in [0.2, 0.25) is 0 Å². The minimum absolute atomic E-state index is 0.0658. The van der Waals surface area contributed by atoms with E-state index in [-0.39, 0.29) is 12.1 Å². The summed E-state index contributed by atoms with van der Waals surface area (Å²) in [7, 11) is 1.61. The molecule has 0 aliphatic heterocycles. The quantitative estimate of drug-likeness (QED) is 0.894. The van der Waals surface area contributed by atoms with Crippen molar-refractivity contribution >= 4 is 0 Å². The minimum Gasteiger partial charge on any atom is -0.497 e. The lowest BCUT2D eigenvalue weighted by molar-refractivity contribution is 0.414. The van der Waals surface area contributed by atoms with Gasteiger partial charge in [0.1, 0.15) is 17.4 Å². The second kappa shape index (κ2) is 6.29. The lowest BCUT2D eigenvalue weighted by Gasteiger charge is -2.08. The number of halogens is 2. The van der Waals surface area contributed by atoms with Gasteiger partial charge in [0.15, 0.2) is 0 Å². The lowest BCUT2D eigenvalue weighted by Crippen LogP contribution is -2.15. The van der Waals surface area contributed by atoms with E-state index in [1.165, 1.54) is 18.2 Å². The highest BCUT2D eigenvalue weighted by atomic mass is 19.1. The molecule has 1 N–H and O–H groups in total. The van der Waals surface area contributed by atoms with Crippen LogP contribution in [0.1, 0.15) is 11.1 Å². The van der Waals surface area contributed by atoms with Crippen LogP contribution >= 0.6 is 0 Å². The Labute approximate surface area is 111 Å². The van der Waals surface area contributed by atoms with Gasteiger partial charge in [0, 0.05) is 18.7 Å². The number of nitrogens with one attached hydrogen (secondary N) is 1. The van der Waals surface area contributed by atoms with E-state index >= 15 is 0 Å². The zero-order valence-corrected chi connectivity index (χ0v) is 10.6. The van der Waals surface area contributed by atoms with Crippen LogP contribution in [0.25, 0.3) is 0 Å². The van der Waals surface area contributed by atoms with Crippen LogP contribution in [-0.2, 0) is 13.1 Å². The van der Waals surface area contributed by atoms with Gasteiger partial charge in [-0.25, -0.2) is 8.78 Å². The molecule has 0 aliphatic rings. The van der Waals surface area contributed by atoms with Gasteiger partial charge in [0.05, 0.1) is 7.11 Å². The molecule has 4 heteroatoms. The molecule has 2 aromatic rings. The van der Waals surface area contributed by atoms with Crippen LogP contribution in [0.2, 0.25) is 0 Å². The molecule has 19 heavy (non-hydrogen) atoms. The van der Waals surface area contributed by atoms with Gasteiger partial charge in [0.25, 0.3) is 0 Å². The zero-order chi connectivity index (χ0) is 13.7. The molecule has 2 nitrogen and oxygen atoms in total. The van der Waals surface area contributed by atoms with E-state index in [0.29, 0.717) is 6.54 Å². The van der Waals surface area contributed by atoms with Gasteiger partial charge < -0.3 is 10.1 Å². The Balaban J connectivity index is 1.92.